The highest BCUT2D eigenvalue weighted by Crippen LogP contribution is 2.30. The van der Waals surface area contributed by atoms with Crippen LogP contribution < -0.4 is 10.6 Å². The number of carbonyl (C=O) groups excluding carboxylic acids is 2. The lowest BCUT2D eigenvalue weighted by atomic mass is 10.2. The summed E-state index contributed by atoms with van der Waals surface area (Å²) in [5, 5.41) is 5.51. The molecule has 1 aliphatic rings. The number of pyridine rings is 1. The van der Waals surface area contributed by atoms with Crippen LogP contribution in [0.3, 0.4) is 0 Å². The molecule has 9 heteroatoms. The maximum absolute atomic E-state index is 12.6. The van der Waals surface area contributed by atoms with Crippen molar-refractivity contribution < 1.29 is 22.8 Å². The third kappa shape index (κ3) is 4.55. The van der Waals surface area contributed by atoms with E-state index in [1.165, 1.54) is 18.3 Å². The van der Waals surface area contributed by atoms with E-state index < -0.39 is 17.6 Å². The number of hydrogen-bond donors (Lipinski definition) is 2. The van der Waals surface area contributed by atoms with Crippen molar-refractivity contribution in [2.45, 2.75) is 19.0 Å². The molecule has 3 rings (SSSR count). The summed E-state index contributed by atoms with van der Waals surface area (Å²) in [7, 11) is 0. The van der Waals surface area contributed by atoms with Crippen LogP contribution in [-0.2, 0) is 11.0 Å². The molecule has 0 atom stereocenters. The number of hydrogen-bond acceptors (Lipinski definition) is 4. The van der Waals surface area contributed by atoms with Crippen molar-refractivity contribution in [3.05, 3.63) is 53.7 Å². The Kier molecular flexibility index (Phi) is 5.29. The first kappa shape index (κ1) is 18.7. The highest BCUT2D eigenvalue weighted by Gasteiger charge is 2.30. The molecule has 2 amide bonds. The van der Waals surface area contributed by atoms with E-state index in [9.17, 15) is 22.8 Å². The number of likely N-dealkylation sites (tertiary alicyclic amines) is 1. The molecule has 1 aromatic heterocycles. The molecule has 2 heterocycles. The number of amides is 2. The fraction of sp³-hybridized carbons (Fsp3) is 0.278. The van der Waals surface area contributed by atoms with Crippen LogP contribution >= 0.6 is 0 Å². The number of alkyl halides is 3. The van der Waals surface area contributed by atoms with Crippen LogP contribution in [-0.4, -0.2) is 34.9 Å². The summed E-state index contributed by atoms with van der Waals surface area (Å²) in [5.74, 6) is -0.186. The molecule has 0 aliphatic carbocycles. The van der Waals surface area contributed by atoms with Crippen LogP contribution in [0.2, 0.25) is 0 Å². The first-order chi connectivity index (χ1) is 12.8. The van der Waals surface area contributed by atoms with Gasteiger partial charge in [0, 0.05) is 24.8 Å². The van der Waals surface area contributed by atoms with E-state index in [4.69, 9.17) is 0 Å². The second-order valence-corrected chi connectivity index (χ2v) is 6.02. The van der Waals surface area contributed by atoms with Crippen LogP contribution in [0.1, 0.15) is 28.8 Å². The normalized spacial score (nSPS) is 14.3. The van der Waals surface area contributed by atoms with E-state index in [0.717, 1.165) is 18.6 Å². The molecule has 2 N–H and O–H groups in total. The van der Waals surface area contributed by atoms with E-state index in [1.807, 2.05) is 0 Å². The molecule has 1 aliphatic heterocycles. The summed E-state index contributed by atoms with van der Waals surface area (Å²) in [6.45, 7) is 0.877. The van der Waals surface area contributed by atoms with Gasteiger partial charge < -0.3 is 15.5 Å². The lowest BCUT2D eigenvalue weighted by Gasteiger charge is -2.18. The summed E-state index contributed by atoms with van der Waals surface area (Å²) >= 11 is 0. The average Bonchev–Trinajstić information content (AvgIpc) is 3.05. The molecular weight excluding hydrogens is 361 g/mol. The minimum absolute atomic E-state index is 0.0363. The molecule has 0 unspecified atom stereocenters. The zero-order valence-corrected chi connectivity index (χ0v) is 14.2. The highest BCUT2D eigenvalue weighted by atomic mass is 19.4. The second-order valence-electron chi connectivity index (χ2n) is 6.02. The fourth-order valence-electron chi connectivity index (χ4n) is 2.71. The number of halogens is 3. The summed E-state index contributed by atoms with van der Waals surface area (Å²) in [4.78, 5) is 29.9. The Labute approximate surface area is 153 Å². The summed E-state index contributed by atoms with van der Waals surface area (Å²) in [6.07, 6.45) is -1.63. The minimum atomic E-state index is -4.43. The predicted molar refractivity (Wildman–Crippen MR) is 93.1 cm³/mol. The monoisotopic (exact) mass is 378 g/mol. The fourth-order valence-corrected chi connectivity index (χ4v) is 2.71. The summed E-state index contributed by atoms with van der Waals surface area (Å²) < 4.78 is 37.8. The average molecular weight is 378 g/mol. The van der Waals surface area contributed by atoms with Crippen LogP contribution in [0.5, 0.6) is 0 Å². The van der Waals surface area contributed by atoms with Crippen molar-refractivity contribution in [1.82, 2.24) is 9.88 Å². The Hall–Kier alpha value is -3.10. The highest BCUT2D eigenvalue weighted by molar-refractivity contribution is 6.07. The molecule has 1 fully saturated rings. The molecule has 0 spiro atoms. The Bertz CT molecular complexity index is 837. The molecule has 0 radical (unpaired) electrons. The summed E-state index contributed by atoms with van der Waals surface area (Å²) in [5.41, 5.74) is -0.332. The lowest BCUT2D eigenvalue weighted by Crippen LogP contribution is -2.31. The van der Waals surface area contributed by atoms with Gasteiger partial charge in [0.2, 0.25) is 5.91 Å². The van der Waals surface area contributed by atoms with Gasteiger partial charge in [-0.15, -0.1) is 0 Å². The van der Waals surface area contributed by atoms with Gasteiger partial charge in [-0.05, 0) is 42.8 Å². The van der Waals surface area contributed by atoms with Gasteiger partial charge in [0.05, 0.1) is 17.8 Å². The second kappa shape index (κ2) is 7.65. The maximum Gasteiger partial charge on any atom is 0.416 e. The summed E-state index contributed by atoms with van der Waals surface area (Å²) in [6, 6.07) is 7.29. The van der Waals surface area contributed by atoms with Crippen molar-refractivity contribution in [3.63, 3.8) is 0 Å². The zero-order chi connectivity index (χ0) is 19.4. The lowest BCUT2D eigenvalue weighted by molar-refractivity contribution is -0.137. The van der Waals surface area contributed by atoms with Gasteiger partial charge in [0.25, 0.3) is 5.91 Å². The van der Waals surface area contributed by atoms with Gasteiger partial charge in [-0.1, -0.05) is 0 Å². The van der Waals surface area contributed by atoms with Gasteiger partial charge in [0.1, 0.15) is 5.82 Å². The Balaban J connectivity index is 1.68. The molecule has 2 aromatic rings. The molecule has 0 bridgehead atoms. The van der Waals surface area contributed by atoms with E-state index in [-0.39, 0.29) is 23.8 Å². The number of aromatic nitrogens is 1. The first-order valence-corrected chi connectivity index (χ1v) is 8.30. The van der Waals surface area contributed by atoms with Gasteiger partial charge in [-0.3, -0.25) is 9.59 Å². The molecule has 142 valence electrons. The van der Waals surface area contributed by atoms with Gasteiger partial charge in [-0.2, -0.15) is 13.2 Å². The number of anilines is 2. The molecular formula is C18H17F3N4O2. The smallest absolute Gasteiger partial charge is 0.352 e. The number of nitrogens with zero attached hydrogens (tertiary/aromatic N) is 2. The third-order valence-electron chi connectivity index (χ3n) is 4.13. The maximum atomic E-state index is 12.6. The van der Waals surface area contributed by atoms with Crippen molar-refractivity contribution in [1.29, 1.82) is 0 Å². The number of benzene rings is 1. The van der Waals surface area contributed by atoms with Crippen LogP contribution in [0.4, 0.5) is 24.7 Å². The standard InChI is InChI=1S/C18H17F3N4O2/c19-18(20,21)12-5-7-13(8-6-12)24-17(27)14-3-1-9-22-16(14)23-11-25-10-2-4-15(25)26/h1,3,5-9H,2,4,10-11H2,(H,22,23)(H,24,27). The Morgan fingerprint density at radius 1 is 1.19 bits per heavy atom. The predicted octanol–water partition coefficient (Wildman–Crippen LogP) is 3.34. The van der Waals surface area contributed by atoms with Crippen LogP contribution in [0.25, 0.3) is 0 Å². The largest absolute Gasteiger partial charge is 0.416 e. The molecule has 6 nitrogen and oxygen atoms in total. The van der Waals surface area contributed by atoms with Gasteiger partial charge in [0.15, 0.2) is 0 Å². The number of carbonyl (C=O) groups is 2. The van der Waals surface area contributed by atoms with Gasteiger partial charge >= 0.3 is 6.18 Å². The number of nitrogens with one attached hydrogen (secondary N) is 2. The van der Waals surface area contributed by atoms with Gasteiger partial charge in [-0.25, -0.2) is 4.98 Å². The first-order valence-electron chi connectivity index (χ1n) is 8.30. The van der Waals surface area contributed by atoms with E-state index in [2.05, 4.69) is 15.6 Å². The molecule has 1 saturated heterocycles. The van der Waals surface area contributed by atoms with E-state index in [0.29, 0.717) is 18.8 Å². The van der Waals surface area contributed by atoms with Crippen molar-refractivity contribution in [3.8, 4) is 0 Å². The molecule has 1 aromatic carbocycles. The van der Waals surface area contributed by atoms with E-state index in [1.54, 1.807) is 17.0 Å². The SMILES string of the molecule is O=C(Nc1ccc(C(F)(F)F)cc1)c1cccnc1NCN1CCCC1=O. The Morgan fingerprint density at radius 3 is 2.56 bits per heavy atom. The van der Waals surface area contributed by atoms with Crippen LogP contribution in [0.15, 0.2) is 42.6 Å². The molecule has 0 saturated carbocycles. The van der Waals surface area contributed by atoms with E-state index >= 15 is 0 Å². The topological polar surface area (TPSA) is 74.3 Å². The number of rotatable bonds is 5. The van der Waals surface area contributed by atoms with Crippen molar-refractivity contribution in [2.75, 3.05) is 23.8 Å². The Morgan fingerprint density at radius 2 is 1.93 bits per heavy atom. The van der Waals surface area contributed by atoms with Crippen molar-refractivity contribution >= 4 is 23.3 Å². The van der Waals surface area contributed by atoms with Crippen LogP contribution in [0, 0.1) is 0 Å². The minimum Gasteiger partial charge on any atom is -0.352 e. The third-order valence-corrected chi connectivity index (χ3v) is 4.13. The molecule has 27 heavy (non-hydrogen) atoms. The quantitative estimate of drug-likeness (QED) is 0.837. The van der Waals surface area contributed by atoms with Crippen molar-refractivity contribution in [2.24, 2.45) is 0 Å². The zero-order valence-electron chi connectivity index (χ0n) is 14.2.